The molecule has 0 radical (unpaired) electrons. The molecule has 0 heterocycles. The summed E-state index contributed by atoms with van der Waals surface area (Å²) in [6.45, 7) is 2.84. The quantitative estimate of drug-likeness (QED) is 0.359. The van der Waals surface area contributed by atoms with Crippen molar-refractivity contribution >= 4 is 35.1 Å². The Morgan fingerprint density at radius 1 is 1.05 bits per heavy atom. The van der Waals surface area contributed by atoms with Crippen LogP contribution < -0.4 is 0 Å². The second-order valence-electron chi connectivity index (χ2n) is 3.68. The molecule has 19 heavy (non-hydrogen) atoms. The highest BCUT2D eigenvalue weighted by molar-refractivity contribution is 6.18. The molecule has 0 amide bonds. The van der Waals surface area contributed by atoms with E-state index in [1.165, 1.54) is 0 Å². The highest BCUT2D eigenvalue weighted by Crippen LogP contribution is 2.04. The van der Waals surface area contributed by atoms with Crippen molar-refractivity contribution in [3.63, 3.8) is 0 Å². The molecule has 0 fully saturated rings. The average Bonchev–Trinajstić information content (AvgIpc) is 2.41. The van der Waals surface area contributed by atoms with Crippen LogP contribution in [0, 0.1) is 0 Å². The number of rotatable bonds is 9. The largest absolute Gasteiger partial charge is 0.463 e. The first-order chi connectivity index (χ1) is 8.90. The van der Waals surface area contributed by atoms with Crippen molar-refractivity contribution in [1.82, 2.24) is 0 Å². The second-order valence-corrected chi connectivity index (χ2v) is 4.30. The van der Waals surface area contributed by atoms with Crippen molar-refractivity contribution in [3.8, 4) is 0 Å². The predicted molar refractivity (Wildman–Crippen MR) is 69.1 cm³/mol. The number of hydrogen-bond acceptors (Lipinski definition) is 6. The van der Waals surface area contributed by atoms with Gasteiger partial charge < -0.3 is 19.7 Å². The topological polar surface area (TPSA) is 93.1 Å². The van der Waals surface area contributed by atoms with Gasteiger partial charge in [0.1, 0.15) is 25.4 Å². The summed E-state index contributed by atoms with van der Waals surface area (Å²) in [6.07, 6.45) is -2.29. The lowest BCUT2D eigenvalue weighted by Crippen LogP contribution is -2.23. The minimum Gasteiger partial charge on any atom is -0.463 e. The zero-order chi connectivity index (χ0) is 14.8. The number of alkyl halides is 2. The van der Waals surface area contributed by atoms with Crippen molar-refractivity contribution in [2.45, 2.75) is 18.6 Å². The van der Waals surface area contributed by atoms with Gasteiger partial charge in [-0.3, -0.25) is 4.79 Å². The molecular weight excluding hydrogens is 299 g/mol. The Balaban J connectivity index is 3.95. The van der Waals surface area contributed by atoms with E-state index in [2.05, 4.69) is 16.1 Å². The number of esters is 2. The summed E-state index contributed by atoms with van der Waals surface area (Å²) in [5.41, 5.74) is -0.118. The van der Waals surface area contributed by atoms with Gasteiger partial charge in [0.15, 0.2) is 0 Å². The fourth-order valence-corrected chi connectivity index (χ4v) is 1.03. The minimum atomic E-state index is -0.968. The molecule has 0 bridgehead atoms. The van der Waals surface area contributed by atoms with Crippen LogP contribution in [0.5, 0.6) is 0 Å². The molecule has 0 aromatic heterocycles. The number of aliphatic hydroxyl groups excluding tert-OH is 2. The van der Waals surface area contributed by atoms with E-state index in [0.717, 1.165) is 0 Å². The van der Waals surface area contributed by atoms with E-state index >= 15 is 0 Å². The summed E-state index contributed by atoms with van der Waals surface area (Å²) >= 11 is 10.6. The number of carbonyl (C=O) groups is 2. The van der Waals surface area contributed by atoms with Crippen molar-refractivity contribution in [2.24, 2.45) is 0 Å². The first-order valence-corrected chi connectivity index (χ1v) is 6.46. The Hall–Kier alpha value is -0.820. The van der Waals surface area contributed by atoms with Gasteiger partial charge in [-0.1, -0.05) is 6.58 Å². The molecule has 0 aromatic rings. The van der Waals surface area contributed by atoms with Crippen LogP contribution in [0.25, 0.3) is 0 Å². The van der Waals surface area contributed by atoms with Gasteiger partial charge in [0.05, 0.1) is 18.2 Å². The van der Waals surface area contributed by atoms with Crippen LogP contribution >= 0.6 is 23.2 Å². The van der Waals surface area contributed by atoms with Gasteiger partial charge in [-0.2, -0.15) is 0 Å². The Bertz CT molecular complexity index is 320. The number of halogens is 2. The SMILES string of the molecule is C=C(CC(=O)OCC(O)CCl)C(=O)OCC(O)CCl. The summed E-state index contributed by atoms with van der Waals surface area (Å²) in [4.78, 5) is 22.6. The number of hydrogen-bond donors (Lipinski definition) is 2. The summed E-state index contributed by atoms with van der Waals surface area (Å²) in [6, 6.07) is 0. The van der Waals surface area contributed by atoms with Gasteiger partial charge in [-0.05, 0) is 0 Å². The molecule has 8 heteroatoms. The maximum Gasteiger partial charge on any atom is 0.334 e. The van der Waals surface area contributed by atoms with Crippen LogP contribution in [0.2, 0.25) is 0 Å². The number of ether oxygens (including phenoxy) is 2. The monoisotopic (exact) mass is 314 g/mol. The Morgan fingerprint density at radius 2 is 1.53 bits per heavy atom. The third-order valence-corrected chi connectivity index (χ3v) is 2.56. The van der Waals surface area contributed by atoms with Crippen LogP contribution in [0.3, 0.4) is 0 Å². The molecule has 0 saturated heterocycles. The third-order valence-electron chi connectivity index (χ3n) is 1.85. The molecule has 0 spiro atoms. The van der Waals surface area contributed by atoms with Crippen LogP contribution in [0.4, 0.5) is 0 Å². The lowest BCUT2D eigenvalue weighted by molar-refractivity contribution is -0.148. The van der Waals surface area contributed by atoms with E-state index in [0.29, 0.717) is 0 Å². The lowest BCUT2D eigenvalue weighted by atomic mass is 10.2. The molecular formula is C11H16Cl2O6. The molecule has 0 aliphatic carbocycles. The molecule has 2 unspecified atom stereocenters. The van der Waals surface area contributed by atoms with Crippen LogP contribution in [0.1, 0.15) is 6.42 Å². The molecule has 6 nitrogen and oxygen atoms in total. The number of carbonyl (C=O) groups excluding carboxylic acids is 2. The van der Waals surface area contributed by atoms with E-state index < -0.39 is 24.1 Å². The van der Waals surface area contributed by atoms with Gasteiger partial charge >= 0.3 is 11.9 Å². The molecule has 2 N–H and O–H groups in total. The van der Waals surface area contributed by atoms with Gasteiger partial charge in [0, 0.05) is 5.57 Å². The Kier molecular flexibility index (Phi) is 9.59. The highest BCUT2D eigenvalue weighted by atomic mass is 35.5. The van der Waals surface area contributed by atoms with Gasteiger partial charge in [-0.15, -0.1) is 23.2 Å². The molecule has 0 saturated carbocycles. The van der Waals surface area contributed by atoms with Gasteiger partial charge in [0.25, 0.3) is 0 Å². The fourth-order valence-electron chi connectivity index (χ4n) is 0.850. The molecule has 0 aliphatic rings. The zero-order valence-electron chi connectivity index (χ0n) is 10.2. The van der Waals surface area contributed by atoms with E-state index in [4.69, 9.17) is 33.4 Å². The van der Waals surface area contributed by atoms with E-state index in [1.54, 1.807) is 0 Å². The van der Waals surface area contributed by atoms with Crippen molar-refractivity contribution in [2.75, 3.05) is 25.0 Å². The summed E-state index contributed by atoms with van der Waals surface area (Å²) < 4.78 is 9.30. The first-order valence-electron chi connectivity index (χ1n) is 5.39. The maximum absolute atomic E-state index is 11.3. The van der Waals surface area contributed by atoms with Crippen LogP contribution in [-0.4, -0.2) is 59.3 Å². The molecule has 0 aliphatic heterocycles. The summed E-state index contributed by atoms with van der Waals surface area (Å²) in [5, 5.41) is 18.1. The Morgan fingerprint density at radius 3 is 2.00 bits per heavy atom. The van der Waals surface area contributed by atoms with Gasteiger partial charge in [-0.25, -0.2) is 4.79 Å². The second kappa shape index (κ2) is 10.0. The van der Waals surface area contributed by atoms with Crippen molar-refractivity contribution in [3.05, 3.63) is 12.2 Å². The third kappa shape index (κ3) is 8.83. The van der Waals surface area contributed by atoms with Crippen LogP contribution in [0.15, 0.2) is 12.2 Å². The average molecular weight is 315 g/mol. The van der Waals surface area contributed by atoms with E-state index in [9.17, 15) is 9.59 Å². The molecule has 0 rings (SSSR count). The van der Waals surface area contributed by atoms with Crippen LogP contribution in [-0.2, 0) is 19.1 Å². The molecule has 2 atom stereocenters. The van der Waals surface area contributed by atoms with E-state index in [-0.39, 0.29) is 37.0 Å². The Labute approximate surface area is 120 Å². The zero-order valence-corrected chi connectivity index (χ0v) is 11.7. The van der Waals surface area contributed by atoms with Crippen molar-refractivity contribution in [1.29, 1.82) is 0 Å². The first kappa shape index (κ1) is 18.2. The highest BCUT2D eigenvalue weighted by Gasteiger charge is 2.16. The predicted octanol–water partition coefficient (Wildman–Crippen LogP) is 0.219. The fraction of sp³-hybridized carbons (Fsp3) is 0.636. The molecule has 110 valence electrons. The minimum absolute atomic E-state index is 0.0629. The smallest absolute Gasteiger partial charge is 0.334 e. The lowest BCUT2D eigenvalue weighted by Gasteiger charge is -2.10. The maximum atomic E-state index is 11.3. The van der Waals surface area contributed by atoms with E-state index in [1.807, 2.05) is 0 Å². The summed E-state index contributed by atoms with van der Waals surface area (Å²) in [5.74, 6) is -1.69. The molecule has 0 aromatic carbocycles. The summed E-state index contributed by atoms with van der Waals surface area (Å²) in [7, 11) is 0. The van der Waals surface area contributed by atoms with Crippen molar-refractivity contribution < 1.29 is 29.3 Å². The van der Waals surface area contributed by atoms with Gasteiger partial charge in [0.2, 0.25) is 0 Å². The standard InChI is InChI=1S/C11H16Cl2O6/c1-7(11(17)19-6-9(15)4-13)2-10(16)18-5-8(14)3-12/h8-9,14-15H,1-6H2. The number of aliphatic hydroxyl groups is 2. The normalized spacial score (nSPS) is 13.5.